The van der Waals surface area contributed by atoms with Crippen molar-refractivity contribution in [1.82, 2.24) is 0 Å². The Morgan fingerprint density at radius 1 is 1.47 bits per heavy atom. The number of carbonyl (C=O) groups excluding carboxylic acids is 1. The average Bonchev–Trinajstić information content (AvgIpc) is 2.78. The second-order valence-corrected chi connectivity index (χ2v) is 5.41. The lowest BCUT2D eigenvalue weighted by molar-refractivity contribution is -0.117. The Hall–Kier alpha value is -0.930. The molecule has 2 rings (SSSR count). The van der Waals surface area contributed by atoms with E-state index >= 15 is 0 Å². The number of alkyl halides is 1. The van der Waals surface area contributed by atoms with E-state index in [1.165, 1.54) is 0 Å². The molecule has 1 unspecified atom stereocenters. The number of rotatable bonds is 5. The summed E-state index contributed by atoms with van der Waals surface area (Å²) in [5.74, 6) is 1.49. The molecule has 1 aromatic rings. The molecular formula is C14H17Cl2NO2. The summed E-state index contributed by atoms with van der Waals surface area (Å²) in [6.45, 7) is 3.33. The van der Waals surface area contributed by atoms with E-state index in [4.69, 9.17) is 27.9 Å². The van der Waals surface area contributed by atoms with Gasteiger partial charge in [0.2, 0.25) is 5.91 Å². The van der Waals surface area contributed by atoms with Gasteiger partial charge in [0, 0.05) is 24.5 Å². The van der Waals surface area contributed by atoms with E-state index in [9.17, 15) is 4.79 Å². The van der Waals surface area contributed by atoms with Crippen LogP contribution in [0.5, 0.6) is 5.75 Å². The highest BCUT2D eigenvalue weighted by molar-refractivity contribution is 6.32. The molecule has 0 aliphatic carbocycles. The number of nitrogens with zero attached hydrogens (tertiary/aromatic N) is 1. The van der Waals surface area contributed by atoms with Crippen molar-refractivity contribution in [3.05, 3.63) is 23.2 Å². The summed E-state index contributed by atoms with van der Waals surface area (Å²) in [7, 11) is 0. The molecule has 0 bridgehead atoms. The maximum atomic E-state index is 11.9. The van der Waals surface area contributed by atoms with Gasteiger partial charge in [-0.3, -0.25) is 4.79 Å². The van der Waals surface area contributed by atoms with Crippen LogP contribution in [0.3, 0.4) is 0 Å². The molecule has 104 valence electrons. The molecule has 19 heavy (non-hydrogen) atoms. The van der Waals surface area contributed by atoms with E-state index < -0.39 is 0 Å². The summed E-state index contributed by atoms with van der Waals surface area (Å²) in [4.78, 5) is 13.6. The van der Waals surface area contributed by atoms with Gasteiger partial charge in [-0.15, -0.1) is 11.6 Å². The summed E-state index contributed by atoms with van der Waals surface area (Å²) in [5.41, 5.74) is 0.812. The van der Waals surface area contributed by atoms with Crippen molar-refractivity contribution >= 4 is 34.8 Å². The Labute approximate surface area is 123 Å². The number of carbonyl (C=O) groups is 1. The van der Waals surface area contributed by atoms with Crippen molar-refractivity contribution < 1.29 is 9.53 Å². The highest BCUT2D eigenvalue weighted by Gasteiger charge is 2.30. The molecule has 5 heteroatoms. The van der Waals surface area contributed by atoms with Crippen LogP contribution in [-0.4, -0.2) is 24.9 Å². The Balaban J connectivity index is 2.13. The van der Waals surface area contributed by atoms with Crippen LogP contribution in [0.25, 0.3) is 0 Å². The molecule has 1 aliphatic heterocycles. The van der Waals surface area contributed by atoms with Crippen molar-refractivity contribution in [3.8, 4) is 5.75 Å². The Bertz CT molecular complexity index is 465. The monoisotopic (exact) mass is 301 g/mol. The van der Waals surface area contributed by atoms with Crippen molar-refractivity contribution in [2.45, 2.75) is 19.8 Å². The van der Waals surface area contributed by atoms with Gasteiger partial charge in [-0.25, -0.2) is 0 Å². The lowest BCUT2D eigenvalue weighted by Crippen LogP contribution is -2.24. The predicted octanol–water partition coefficient (Wildman–Crippen LogP) is 3.72. The molecule has 0 aromatic heterocycles. The first-order chi connectivity index (χ1) is 9.15. The molecule has 0 N–H and O–H groups in total. The molecule has 0 saturated carbocycles. The SMILES string of the molecule is CCCOc1ccc(N2CC(CCl)CC2=O)cc1Cl. The second kappa shape index (κ2) is 6.49. The summed E-state index contributed by atoms with van der Waals surface area (Å²) in [5, 5.41) is 0.535. The van der Waals surface area contributed by atoms with Crippen LogP contribution in [0.4, 0.5) is 5.69 Å². The molecule has 1 saturated heterocycles. The Morgan fingerprint density at radius 3 is 2.84 bits per heavy atom. The predicted molar refractivity (Wildman–Crippen MR) is 78.4 cm³/mol. The number of halogens is 2. The molecule has 1 atom stereocenters. The van der Waals surface area contributed by atoms with Crippen LogP contribution in [-0.2, 0) is 4.79 Å². The Morgan fingerprint density at radius 2 is 2.26 bits per heavy atom. The van der Waals surface area contributed by atoms with E-state index in [1.807, 2.05) is 19.1 Å². The van der Waals surface area contributed by atoms with Crippen LogP contribution < -0.4 is 9.64 Å². The topological polar surface area (TPSA) is 29.5 Å². The highest BCUT2D eigenvalue weighted by atomic mass is 35.5. The van der Waals surface area contributed by atoms with E-state index in [0.29, 0.717) is 36.2 Å². The molecule has 1 amide bonds. The molecule has 1 aliphatic rings. The smallest absolute Gasteiger partial charge is 0.227 e. The number of hydrogen-bond acceptors (Lipinski definition) is 2. The first-order valence-corrected chi connectivity index (χ1v) is 7.35. The quantitative estimate of drug-likeness (QED) is 0.776. The number of hydrogen-bond donors (Lipinski definition) is 0. The van der Waals surface area contributed by atoms with E-state index in [1.54, 1.807) is 11.0 Å². The lowest BCUT2D eigenvalue weighted by atomic mass is 10.1. The van der Waals surface area contributed by atoms with Crippen LogP contribution in [0.2, 0.25) is 5.02 Å². The zero-order chi connectivity index (χ0) is 13.8. The van der Waals surface area contributed by atoms with Crippen LogP contribution in [0, 0.1) is 5.92 Å². The average molecular weight is 302 g/mol. The zero-order valence-electron chi connectivity index (χ0n) is 10.9. The third kappa shape index (κ3) is 3.34. The van der Waals surface area contributed by atoms with Gasteiger partial charge >= 0.3 is 0 Å². The molecular weight excluding hydrogens is 285 g/mol. The molecule has 0 radical (unpaired) electrons. The summed E-state index contributed by atoms with van der Waals surface area (Å²) in [6.07, 6.45) is 1.44. The fourth-order valence-corrected chi connectivity index (χ4v) is 2.56. The Kier molecular flexibility index (Phi) is 4.94. The minimum Gasteiger partial charge on any atom is -0.492 e. The summed E-state index contributed by atoms with van der Waals surface area (Å²) >= 11 is 12.0. The summed E-state index contributed by atoms with van der Waals surface area (Å²) < 4.78 is 5.52. The van der Waals surface area contributed by atoms with Gasteiger partial charge in [0.1, 0.15) is 5.75 Å². The largest absolute Gasteiger partial charge is 0.492 e. The van der Waals surface area contributed by atoms with E-state index in [0.717, 1.165) is 12.1 Å². The first-order valence-electron chi connectivity index (χ1n) is 6.44. The lowest BCUT2D eigenvalue weighted by Gasteiger charge is -2.17. The van der Waals surface area contributed by atoms with Crippen molar-refractivity contribution in [2.24, 2.45) is 5.92 Å². The third-order valence-electron chi connectivity index (χ3n) is 3.11. The van der Waals surface area contributed by atoms with Gasteiger partial charge in [0.05, 0.1) is 11.6 Å². The molecule has 3 nitrogen and oxygen atoms in total. The van der Waals surface area contributed by atoms with E-state index in [-0.39, 0.29) is 11.8 Å². The fraction of sp³-hybridized carbons (Fsp3) is 0.500. The van der Waals surface area contributed by atoms with Crippen LogP contribution in [0.1, 0.15) is 19.8 Å². The minimum atomic E-state index is 0.101. The highest BCUT2D eigenvalue weighted by Crippen LogP contribution is 2.32. The van der Waals surface area contributed by atoms with Crippen LogP contribution >= 0.6 is 23.2 Å². The number of anilines is 1. The van der Waals surface area contributed by atoms with Crippen LogP contribution in [0.15, 0.2) is 18.2 Å². The van der Waals surface area contributed by atoms with Crippen molar-refractivity contribution in [2.75, 3.05) is 23.9 Å². The second-order valence-electron chi connectivity index (χ2n) is 4.69. The molecule has 1 fully saturated rings. The fourth-order valence-electron chi connectivity index (χ4n) is 2.12. The van der Waals surface area contributed by atoms with Gasteiger partial charge < -0.3 is 9.64 Å². The van der Waals surface area contributed by atoms with Gasteiger partial charge in [-0.2, -0.15) is 0 Å². The molecule has 1 aromatic carbocycles. The van der Waals surface area contributed by atoms with Crippen molar-refractivity contribution in [1.29, 1.82) is 0 Å². The number of benzene rings is 1. The van der Waals surface area contributed by atoms with Crippen molar-refractivity contribution in [3.63, 3.8) is 0 Å². The molecule has 0 spiro atoms. The molecule has 1 heterocycles. The normalized spacial score (nSPS) is 19.0. The maximum absolute atomic E-state index is 11.9. The number of amides is 1. The maximum Gasteiger partial charge on any atom is 0.227 e. The van der Waals surface area contributed by atoms with Gasteiger partial charge in [0.25, 0.3) is 0 Å². The van der Waals surface area contributed by atoms with Gasteiger partial charge in [0.15, 0.2) is 0 Å². The van der Waals surface area contributed by atoms with Gasteiger partial charge in [-0.05, 0) is 30.5 Å². The summed E-state index contributed by atoms with van der Waals surface area (Å²) in [6, 6.07) is 5.46. The first kappa shape index (κ1) is 14.5. The van der Waals surface area contributed by atoms with Gasteiger partial charge in [-0.1, -0.05) is 18.5 Å². The zero-order valence-corrected chi connectivity index (χ0v) is 12.4. The third-order valence-corrected chi connectivity index (χ3v) is 3.84. The number of ether oxygens (including phenoxy) is 1. The van der Waals surface area contributed by atoms with E-state index in [2.05, 4.69) is 0 Å². The standard InChI is InChI=1S/C14H17Cl2NO2/c1-2-5-19-13-4-3-11(7-12(13)16)17-9-10(8-15)6-14(17)18/h3-4,7,10H,2,5-6,8-9H2,1H3. The minimum absolute atomic E-state index is 0.101.